The lowest BCUT2D eigenvalue weighted by Gasteiger charge is -2.17. The third kappa shape index (κ3) is 3.59. The van der Waals surface area contributed by atoms with Gasteiger partial charge in [-0.2, -0.15) is 0 Å². The number of benzene rings is 1. The average Bonchev–Trinajstić information content (AvgIpc) is 2.95. The van der Waals surface area contributed by atoms with Gasteiger partial charge in [-0.1, -0.05) is 17.7 Å². The lowest BCUT2D eigenvalue weighted by Crippen LogP contribution is -2.30. The van der Waals surface area contributed by atoms with Crippen molar-refractivity contribution in [3.05, 3.63) is 56.4 Å². The van der Waals surface area contributed by atoms with Gasteiger partial charge >= 0.3 is 0 Å². The molecule has 2 aromatic heterocycles. The Hall–Kier alpha value is -2.38. The number of carbonyl (C=O) groups excluding carboxylic acids is 1. The molecule has 0 saturated heterocycles. The second-order valence-electron chi connectivity index (χ2n) is 5.93. The number of aryl methyl sites for hydroxylation is 2. The average molecular weight is 392 g/mol. The van der Waals surface area contributed by atoms with E-state index in [-0.39, 0.29) is 11.5 Å². The van der Waals surface area contributed by atoms with Crippen molar-refractivity contribution in [1.82, 2.24) is 14.5 Å². The molecule has 3 rings (SSSR count). The summed E-state index contributed by atoms with van der Waals surface area (Å²) in [5.74, 6) is 0.506. The van der Waals surface area contributed by atoms with Crippen LogP contribution in [0.25, 0.3) is 10.2 Å². The predicted molar refractivity (Wildman–Crippen MR) is 104 cm³/mol. The zero-order valence-electron chi connectivity index (χ0n) is 14.7. The van der Waals surface area contributed by atoms with E-state index in [9.17, 15) is 9.59 Å². The molecule has 8 heteroatoms. The maximum Gasteiger partial charge on any atom is 0.264 e. The van der Waals surface area contributed by atoms with Gasteiger partial charge in [-0.05, 0) is 30.7 Å². The van der Waals surface area contributed by atoms with E-state index in [1.165, 1.54) is 22.2 Å². The van der Waals surface area contributed by atoms with Gasteiger partial charge in [0.25, 0.3) is 11.5 Å². The van der Waals surface area contributed by atoms with Gasteiger partial charge < -0.3 is 14.2 Å². The van der Waals surface area contributed by atoms with E-state index in [2.05, 4.69) is 4.98 Å². The van der Waals surface area contributed by atoms with E-state index < -0.39 is 0 Å². The summed E-state index contributed by atoms with van der Waals surface area (Å²) in [4.78, 5) is 32.0. The highest BCUT2D eigenvalue weighted by atomic mass is 35.5. The summed E-state index contributed by atoms with van der Waals surface area (Å²) in [5.41, 5.74) is 0.529. The number of halogens is 1. The van der Waals surface area contributed by atoms with Crippen molar-refractivity contribution in [2.45, 2.75) is 6.92 Å². The third-order valence-corrected chi connectivity index (χ3v) is 5.47. The highest BCUT2D eigenvalue weighted by Gasteiger charge is 2.21. The molecule has 0 saturated carbocycles. The molecular formula is C18H18ClN3O3S. The van der Waals surface area contributed by atoms with Crippen LogP contribution in [0.3, 0.4) is 0 Å². The topological polar surface area (TPSA) is 64.4 Å². The molecule has 3 aromatic rings. The van der Waals surface area contributed by atoms with Crippen LogP contribution in [0.1, 0.15) is 15.2 Å². The number of aromatic nitrogens is 2. The lowest BCUT2D eigenvalue weighted by molar-refractivity contribution is 0.0778. The molecule has 0 aliphatic carbocycles. The van der Waals surface area contributed by atoms with Crippen LogP contribution < -0.4 is 10.3 Å². The predicted octanol–water partition coefficient (Wildman–Crippen LogP) is 3.11. The molecule has 0 atom stereocenters. The van der Waals surface area contributed by atoms with Crippen LogP contribution in [-0.2, 0) is 7.05 Å². The molecule has 1 aromatic carbocycles. The molecule has 0 aliphatic rings. The first-order chi connectivity index (χ1) is 12.4. The number of nitrogens with zero attached hydrogens (tertiary/aromatic N) is 3. The summed E-state index contributed by atoms with van der Waals surface area (Å²) in [6.45, 7) is 2.53. The van der Waals surface area contributed by atoms with Gasteiger partial charge in [0.15, 0.2) is 0 Å². The molecule has 1 amide bonds. The van der Waals surface area contributed by atoms with Gasteiger partial charge in [0.05, 0.1) is 23.1 Å². The molecule has 0 spiro atoms. The first-order valence-electron chi connectivity index (χ1n) is 7.97. The smallest absolute Gasteiger partial charge is 0.264 e. The molecule has 0 radical (unpaired) electrons. The van der Waals surface area contributed by atoms with Crippen molar-refractivity contribution in [2.24, 2.45) is 7.05 Å². The largest absolute Gasteiger partial charge is 0.492 e. The summed E-state index contributed by atoms with van der Waals surface area (Å²) in [5, 5.41) is 1.11. The Morgan fingerprint density at radius 3 is 2.92 bits per heavy atom. The second kappa shape index (κ2) is 7.47. The molecule has 0 unspecified atom stereocenters. The van der Waals surface area contributed by atoms with Crippen molar-refractivity contribution in [1.29, 1.82) is 0 Å². The molecule has 136 valence electrons. The summed E-state index contributed by atoms with van der Waals surface area (Å²) in [6.07, 6.45) is 1.47. The molecule has 0 N–H and O–H groups in total. The monoisotopic (exact) mass is 391 g/mol. The normalized spacial score (nSPS) is 10.9. The molecule has 2 heterocycles. The Morgan fingerprint density at radius 2 is 2.19 bits per heavy atom. The van der Waals surface area contributed by atoms with Crippen LogP contribution in [0.15, 0.2) is 35.4 Å². The minimum atomic E-state index is -0.151. The van der Waals surface area contributed by atoms with E-state index in [0.29, 0.717) is 44.6 Å². The minimum absolute atomic E-state index is 0.144. The van der Waals surface area contributed by atoms with Crippen molar-refractivity contribution >= 4 is 39.1 Å². The number of amides is 1. The molecule has 6 nitrogen and oxygen atoms in total. The molecule has 26 heavy (non-hydrogen) atoms. The number of thiophene rings is 1. The minimum Gasteiger partial charge on any atom is -0.492 e. The SMILES string of the molecule is Cc1c(C(=O)N(C)CCOc2cccc(Cl)c2)sc2ncn(C)c(=O)c12. The Labute approximate surface area is 159 Å². The van der Waals surface area contributed by atoms with E-state index in [1.807, 2.05) is 6.07 Å². The van der Waals surface area contributed by atoms with Gasteiger partial charge in [0.1, 0.15) is 17.2 Å². The fourth-order valence-electron chi connectivity index (χ4n) is 2.54. The fraction of sp³-hybridized carbons (Fsp3) is 0.278. The van der Waals surface area contributed by atoms with Gasteiger partial charge in [-0.25, -0.2) is 4.98 Å². The quantitative estimate of drug-likeness (QED) is 0.670. The Balaban J connectivity index is 1.72. The third-order valence-electron chi connectivity index (χ3n) is 4.04. The number of hydrogen-bond donors (Lipinski definition) is 0. The summed E-state index contributed by atoms with van der Waals surface area (Å²) in [7, 11) is 3.35. The summed E-state index contributed by atoms with van der Waals surface area (Å²) < 4.78 is 7.04. The Morgan fingerprint density at radius 1 is 1.42 bits per heavy atom. The first-order valence-corrected chi connectivity index (χ1v) is 9.16. The molecular weight excluding hydrogens is 374 g/mol. The van der Waals surface area contributed by atoms with Crippen LogP contribution >= 0.6 is 22.9 Å². The van der Waals surface area contributed by atoms with Crippen LogP contribution in [0.5, 0.6) is 5.75 Å². The number of rotatable bonds is 5. The number of ether oxygens (including phenoxy) is 1. The zero-order valence-corrected chi connectivity index (χ0v) is 16.2. The highest BCUT2D eigenvalue weighted by molar-refractivity contribution is 7.20. The van der Waals surface area contributed by atoms with Crippen LogP contribution in [0, 0.1) is 6.92 Å². The van der Waals surface area contributed by atoms with Crippen molar-refractivity contribution in [2.75, 3.05) is 20.2 Å². The van der Waals surface area contributed by atoms with E-state index >= 15 is 0 Å². The van der Waals surface area contributed by atoms with E-state index in [1.54, 1.807) is 44.1 Å². The van der Waals surface area contributed by atoms with Crippen molar-refractivity contribution in [3.63, 3.8) is 0 Å². The fourth-order valence-corrected chi connectivity index (χ4v) is 3.86. The number of carbonyl (C=O) groups is 1. The molecule has 0 bridgehead atoms. The van der Waals surface area contributed by atoms with E-state index in [4.69, 9.17) is 16.3 Å². The van der Waals surface area contributed by atoms with E-state index in [0.717, 1.165) is 0 Å². The first kappa shape index (κ1) is 18.4. The zero-order chi connectivity index (χ0) is 18.8. The van der Waals surface area contributed by atoms with Gasteiger partial charge in [-0.15, -0.1) is 11.3 Å². The van der Waals surface area contributed by atoms with Crippen LogP contribution in [0.4, 0.5) is 0 Å². The van der Waals surface area contributed by atoms with Gasteiger partial charge in [0.2, 0.25) is 0 Å². The van der Waals surface area contributed by atoms with Gasteiger partial charge in [-0.3, -0.25) is 9.59 Å². The Bertz CT molecular complexity index is 1030. The standard InChI is InChI=1S/C18H18ClN3O3S/c1-11-14-16(20-10-22(3)17(14)23)26-15(11)18(24)21(2)7-8-25-13-6-4-5-12(19)9-13/h4-6,9-10H,7-8H2,1-3H3. The lowest BCUT2D eigenvalue weighted by atomic mass is 10.2. The second-order valence-corrected chi connectivity index (χ2v) is 7.37. The summed E-state index contributed by atoms with van der Waals surface area (Å²) >= 11 is 7.16. The maximum atomic E-state index is 12.8. The highest BCUT2D eigenvalue weighted by Crippen LogP contribution is 2.27. The van der Waals surface area contributed by atoms with Gasteiger partial charge in [0, 0.05) is 19.1 Å². The number of hydrogen-bond acceptors (Lipinski definition) is 5. The van der Waals surface area contributed by atoms with Crippen LogP contribution in [-0.4, -0.2) is 40.6 Å². The Kier molecular flexibility index (Phi) is 5.29. The number of likely N-dealkylation sites (N-methyl/N-ethyl adjacent to an activating group) is 1. The maximum absolute atomic E-state index is 12.8. The van der Waals surface area contributed by atoms with Crippen molar-refractivity contribution in [3.8, 4) is 5.75 Å². The molecule has 0 aliphatic heterocycles. The molecule has 0 fully saturated rings. The van der Waals surface area contributed by atoms with Crippen molar-refractivity contribution < 1.29 is 9.53 Å². The number of fused-ring (bicyclic) bond motifs is 1. The summed E-state index contributed by atoms with van der Waals surface area (Å²) in [6, 6.07) is 7.11. The van der Waals surface area contributed by atoms with Crippen LogP contribution in [0.2, 0.25) is 5.02 Å².